The van der Waals surface area contributed by atoms with Crippen molar-refractivity contribution in [2.75, 3.05) is 0 Å². The summed E-state index contributed by atoms with van der Waals surface area (Å²) in [6, 6.07) is 3.54. The fourth-order valence-electron chi connectivity index (χ4n) is 2.43. The van der Waals surface area contributed by atoms with E-state index in [4.69, 9.17) is 9.47 Å². The fourth-order valence-corrected chi connectivity index (χ4v) is 2.43. The van der Waals surface area contributed by atoms with Crippen molar-refractivity contribution in [3.8, 4) is 5.75 Å². The van der Waals surface area contributed by atoms with E-state index in [1.807, 2.05) is 20.8 Å². The Kier molecular flexibility index (Phi) is 1.98. The van der Waals surface area contributed by atoms with E-state index >= 15 is 0 Å². The summed E-state index contributed by atoms with van der Waals surface area (Å²) >= 11 is 0. The van der Waals surface area contributed by atoms with Gasteiger partial charge in [0.25, 0.3) is 0 Å². The quantitative estimate of drug-likeness (QED) is 0.662. The maximum absolute atomic E-state index is 12.7. The second-order valence-corrected chi connectivity index (χ2v) is 5.47. The molecule has 1 fully saturated rings. The summed E-state index contributed by atoms with van der Waals surface area (Å²) in [5, 5.41) is 0. The van der Waals surface area contributed by atoms with Gasteiger partial charge in [-0.3, -0.25) is 0 Å². The second kappa shape index (κ2) is 3.02. The zero-order valence-corrected chi connectivity index (χ0v) is 10.3. The van der Waals surface area contributed by atoms with Crippen LogP contribution >= 0.6 is 0 Å². The van der Waals surface area contributed by atoms with E-state index in [1.54, 1.807) is 0 Å². The van der Waals surface area contributed by atoms with E-state index in [-0.39, 0.29) is 6.10 Å². The molecule has 3 rings (SSSR count). The Hall–Kier alpha value is -1.23. The maximum Gasteiger partial charge on any atom is 0.416 e. The van der Waals surface area contributed by atoms with Crippen molar-refractivity contribution in [2.45, 2.75) is 44.3 Å². The molecule has 0 aliphatic carbocycles. The minimum atomic E-state index is -4.34. The van der Waals surface area contributed by atoms with Gasteiger partial charge in [0.1, 0.15) is 23.1 Å². The van der Waals surface area contributed by atoms with E-state index in [0.29, 0.717) is 11.3 Å². The first-order valence-electron chi connectivity index (χ1n) is 5.73. The van der Waals surface area contributed by atoms with Gasteiger partial charge in [-0.15, -0.1) is 0 Å². The van der Waals surface area contributed by atoms with Crippen LogP contribution in [0.4, 0.5) is 13.2 Å². The molecule has 98 valence electrons. The van der Waals surface area contributed by atoms with Gasteiger partial charge in [0, 0.05) is 5.56 Å². The van der Waals surface area contributed by atoms with Crippen molar-refractivity contribution >= 4 is 0 Å². The number of ether oxygens (including phenoxy) is 2. The van der Waals surface area contributed by atoms with Crippen LogP contribution in [0.2, 0.25) is 0 Å². The molecular weight excluding hydrogens is 245 g/mol. The highest BCUT2D eigenvalue weighted by molar-refractivity contribution is 5.47. The molecule has 1 aromatic carbocycles. The van der Waals surface area contributed by atoms with Crippen LogP contribution in [0.15, 0.2) is 18.2 Å². The molecule has 0 aromatic heterocycles. The number of benzene rings is 1. The Bertz CT molecular complexity index is 521. The number of rotatable bonds is 0. The number of fused-ring (bicyclic) bond motifs is 3. The van der Waals surface area contributed by atoms with E-state index < -0.39 is 22.9 Å². The highest BCUT2D eigenvalue weighted by atomic mass is 19.4. The van der Waals surface area contributed by atoms with Crippen molar-refractivity contribution in [2.24, 2.45) is 0 Å². The molecule has 5 heteroatoms. The number of epoxide rings is 1. The van der Waals surface area contributed by atoms with Gasteiger partial charge in [-0.05, 0) is 39.0 Å². The van der Waals surface area contributed by atoms with Gasteiger partial charge >= 0.3 is 6.18 Å². The Morgan fingerprint density at radius 2 is 1.83 bits per heavy atom. The van der Waals surface area contributed by atoms with Gasteiger partial charge in [0.05, 0.1) is 5.56 Å². The summed E-state index contributed by atoms with van der Waals surface area (Å²) in [6.45, 7) is 5.63. The molecule has 1 aromatic rings. The highest BCUT2D eigenvalue weighted by Crippen LogP contribution is 2.62. The van der Waals surface area contributed by atoms with E-state index in [1.165, 1.54) is 6.07 Å². The van der Waals surface area contributed by atoms with E-state index in [2.05, 4.69) is 0 Å². The van der Waals surface area contributed by atoms with Crippen molar-refractivity contribution < 1.29 is 22.6 Å². The molecular formula is C13H13F3O2. The molecule has 18 heavy (non-hydrogen) atoms. The van der Waals surface area contributed by atoms with Crippen molar-refractivity contribution in [3.05, 3.63) is 29.3 Å². The molecule has 2 aliphatic heterocycles. The summed E-state index contributed by atoms with van der Waals surface area (Å²) in [6.07, 6.45) is -4.65. The molecule has 0 radical (unpaired) electrons. The zero-order chi connectivity index (χ0) is 13.3. The predicted octanol–water partition coefficient (Wildman–Crippen LogP) is 3.71. The molecule has 0 amide bonds. The number of halogens is 3. The van der Waals surface area contributed by atoms with Gasteiger partial charge < -0.3 is 9.47 Å². The Morgan fingerprint density at radius 3 is 2.44 bits per heavy atom. The molecule has 0 N–H and O–H groups in total. The minimum absolute atomic E-state index is 0.307. The van der Waals surface area contributed by atoms with Crippen LogP contribution in [0.3, 0.4) is 0 Å². The third-order valence-corrected chi connectivity index (χ3v) is 3.99. The SMILES string of the molecule is CC1(C)Oc2ccc(C(F)(F)F)cc2C2OC21C. The third-order valence-electron chi connectivity index (χ3n) is 3.99. The number of hydrogen-bond acceptors (Lipinski definition) is 2. The third kappa shape index (κ3) is 1.40. The average molecular weight is 258 g/mol. The molecule has 0 spiro atoms. The summed E-state index contributed by atoms with van der Waals surface area (Å²) < 4.78 is 49.3. The van der Waals surface area contributed by atoms with Crippen LogP contribution in [0.5, 0.6) is 5.75 Å². The van der Waals surface area contributed by atoms with Gasteiger partial charge in [0.2, 0.25) is 0 Å². The maximum atomic E-state index is 12.7. The lowest BCUT2D eigenvalue weighted by atomic mass is 9.83. The highest BCUT2D eigenvalue weighted by Gasteiger charge is 2.67. The summed E-state index contributed by atoms with van der Waals surface area (Å²) in [5.74, 6) is 0.480. The Balaban J connectivity index is 2.08. The Labute approximate surface area is 103 Å². The van der Waals surface area contributed by atoms with Crippen molar-refractivity contribution in [3.63, 3.8) is 0 Å². The molecule has 2 atom stereocenters. The largest absolute Gasteiger partial charge is 0.484 e. The van der Waals surface area contributed by atoms with Gasteiger partial charge in [-0.25, -0.2) is 0 Å². The monoisotopic (exact) mass is 258 g/mol. The predicted molar refractivity (Wildman–Crippen MR) is 58.4 cm³/mol. The lowest BCUT2D eigenvalue weighted by molar-refractivity contribution is -0.137. The van der Waals surface area contributed by atoms with Gasteiger partial charge in [-0.1, -0.05) is 0 Å². The van der Waals surface area contributed by atoms with Crippen LogP contribution in [-0.4, -0.2) is 11.2 Å². The Morgan fingerprint density at radius 1 is 1.17 bits per heavy atom. The zero-order valence-electron chi connectivity index (χ0n) is 10.3. The standard InChI is InChI=1S/C13H13F3O2/c1-11(2)12(3)10(18-12)8-6-7(13(14,15)16)4-5-9(8)17-11/h4-6,10H,1-3H3. The van der Waals surface area contributed by atoms with Crippen LogP contribution in [0, 0.1) is 0 Å². The summed E-state index contributed by atoms with van der Waals surface area (Å²) in [5.41, 5.74) is -1.25. The first kappa shape index (κ1) is 11.8. The van der Waals surface area contributed by atoms with Gasteiger partial charge in [-0.2, -0.15) is 13.2 Å². The molecule has 2 aliphatic rings. The molecule has 2 unspecified atom stereocenters. The molecule has 2 nitrogen and oxygen atoms in total. The molecule has 0 saturated carbocycles. The average Bonchev–Trinajstić information content (AvgIpc) is 2.90. The number of alkyl halides is 3. The van der Waals surface area contributed by atoms with Crippen molar-refractivity contribution in [1.82, 2.24) is 0 Å². The summed E-state index contributed by atoms with van der Waals surface area (Å²) in [4.78, 5) is 0. The van der Waals surface area contributed by atoms with Gasteiger partial charge in [0.15, 0.2) is 0 Å². The lowest BCUT2D eigenvalue weighted by Crippen LogP contribution is -2.45. The first-order valence-corrected chi connectivity index (χ1v) is 5.73. The van der Waals surface area contributed by atoms with Crippen LogP contribution in [0.1, 0.15) is 38.0 Å². The number of hydrogen-bond donors (Lipinski definition) is 0. The molecule has 1 saturated heterocycles. The first-order chi connectivity index (χ1) is 8.15. The van der Waals surface area contributed by atoms with Crippen LogP contribution in [-0.2, 0) is 10.9 Å². The topological polar surface area (TPSA) is 21.8 Å². The molecule has 2 heterocycles. The van der Waals surface area contributed by atoms with Crippen LogP contribution < -0.4 is 4.74 Å². The lowest BCUT2D eigenvalue weighted by Gasteiger charge is -2.35. The smallest absolute Gasteiger partial charge is 0.416 e. The summed E-state index contributed by atoms with van der Waals surface area (Å²) in [7, 11) is 0. The van der Waals surface area contributed by atoms with E-state index in [9.17, 15) is 13.2 Å². The van der Waals surface area contributed by atoms with Crippen molar-refractivity contribution in [1.29, 1.82) is 0 Å². The second-order valence-electron chi connectivity index (χ2n) is 5.47. The van der Waals surface area contributed by atoms with Crippen LogP contribution in [0.25, 0.3) is 0 Å². The normalized spacial score (nSPS) is 32.2. The van der Waals surface area contributed by atoms with E-state index in [0.717, 1.165) is 12.1 Å². The fraction of sp³-hybridized carbons (Fsp3) is 0.538. The molecule has 0 bridgehead atoms. The minimum Gasteiger partial charge on any atom is -0.484 e.